The summed E-state index contributed by atoms with van der Waals surface area (Å²) in [5, 5.41) is 6.15. The van der Waals surface area contributed by atoms with Gasteiger partial charge >= 0.3 is 0 Å². The van der Waals surface area contributed by atoms with Crippen LogP contribution in [0.3, 0.4) is 0 Å². The molecule has 0 radical (unpaired) electrons. The standard InChI is InChI=1S/C22H24N4O4/c27-20-18-13-25(21(28)14-5-7-23-8-6-14)9-10-26(18)22(29)16-12-15(3-4-17(16)24-20)19-2-1-11-30-19/h1-4,11-12,14,18,23H,5-10,13H2,(H,24,27)/t18-/m1/s1. The SMILES string of the molecule is O=C1Nc2ccc(-c3ccco3)cc2C(=O)N2CCN(C(=O)C3CCNCC3)C[C@H]12. The van der Waals surface area contributed by atoms with E-state index in [1.807, 2.05) is 12.1 Å². The van der Waals surface area contributed by atoms with Crippen LogP contribution >= 0.6 is 0 Å². The van der Waals surface area contributed by atoms with Crippen molar-refractivity contribution in [2.24, 2.45) is 5.92 Å². The third-order valence-electron chi connectivity index (χ3n) is 6.26. The maximum atomic E-state index is 13.3. The van der Waals surface area contributed by atoms with Crippen molar-refractivity contribution in [3.05, 3.63) is 42.2 Å². The fraction of sp³-hybridized carbons (Fsp3) is 0.409. The fourth-order valence-electron chi connectivity index (χ4n) is 4.57. The van der Waals surface area contributed by atoms with Crippen LogP contribution < -0.4 is 10.6 Å². The summed E-state index contributed by atoms with van der Waals surface area (Å²) in [6.45, 7) is 2.71. The van der Waals surface area contributed by atoms with E-state index in [1.54, 1.807) is 34.3 Å². The van der Waals surface area contributed by atoms with Gasteiger partial charge in [0.15, 0.2) is 0 Å². The number of furan rings is 1. The van der Waals surface area contributed by atoms with E-state index in [4.69, 9.17) is 4.42 Å². The molecule has 2 fully saturated rings. The topological polar surface area (TPSA) is 94.9 Å². The van der Waals surface area contributed by atoms with Gasteiger partial charge in [-0.15, -0.1) is 0 Å². The van der Waals surface area contributed by atoms with Crippen LogP contribution in [0.1, 0.15) is 23.2 Å². The number of benzene rings is 1. The van der Waals surface area contributed by atoms with E-state index < -0.39 is 6.04 Å². The van der Waals surface area contributed by atoms with Gasteiger partial charge < -0.3 is 24.9 Å². The van der Waals surface area contributed by atoms with Gasteiger partial charge in [-0.3, -0.25) is 14.4 Å². The zero-order chi connectivity index (χ0) is 20.7. The van der Waals surface area contributed by atoms with Gasteiger partial charge in [-0.2, -0.15) is 0 Å². The number of piperidine rings is 1. The minimum absolute atomic E-state index is 0.00427. The molecule has 1 aromatic heterocycles. The summed E-state index contributed by atoms with van der Waals surface area (Å²) in [6.07, 6.45) is 3.21. The van der Waals surface area contributed by atoms with Crippen molar-refractivity contribution in [1.29, 1.82) is 0 Å². The Balaban J connectivity index is 1.39. The van der Waals surface area contributed by atoms with Crippen molar-refractivity contribution in [3.8, 4) is 11.3 Å². The number of hydrogen-bond donors (Lipinski definition) is 2. The zero-order valence-corrected chi connectivity index (χ0v) is 16.6. The van der Waals surface area contributed by atoms with Crippen LogP contribution in [0.15, 0.2) is 41.0 Å². The number of anilines is 1. The van der Waals surface area contributed by atoms with Gasteiger partial charge in [-0.05, 0) is 56.3 Å². The number of piperazine rings is 1. The number of rotatable bonds is 2. The smallest absolute Gasteiger partial charge is 0.256 e. The van der Waals surface area contributed by atoms with Crippen LogP contribution in [-0.2, 0) is 9.59 Å². The minimum Gasteiger partial charge on any atom is -0.464 e. The molecule has 1 aromatic carbocycles. The molecule has 8 heteroatoms. The van der Waals surface area contributed by atoms with Crippen LogP contribution in [0.4, 0.5) is 5.69 Å². The Morgan fingerprint density at radius 1 is 1.10 bits per heavy atom. The van der Waals surface area contributed by atoms with Gasteiger partial charge in [-0.25, -0.2) is 0 Å². The molecule has 3 aliphatic rings. The first-order valence-electron chi connectivity index (χ1n) is 10.4. The number of carbonyl (C=O) groups is 3. The van der Waals surface area contributed by atoms with E-state index in [9.17, 15) is 14.4 Å². The van der Waals surface area contributed by atoms with Crippen LogP contribution in [-0.4, -0.2) is 66.3 Å². The molecule has 4 heterocycles. The molecular weight excluding hydrogens is 384 g/mol. The highest BCUT2D eigenvalue weighted by Gasteiger charge is 2.41. The molecule has 0 unspecified atom stereocenters. The molecule has 156 valence electrons. The Morgan fingerprint density at radius 2 is 1.93 bits per heavy atom. The third-order valence-corrected chi connectivity index (χ3v) is 6.26. The third kappa shape index (κ3) is 3.27. The summed E-state index contributed by atoms with van der Waals surface area (Å²) in [7, 11) is 0. The fourth-order valence-corrected chi connectivity index (χ4v) is 4.57. The quantitative estimate of drug-likeness (QED) is 0.786. The highest BCUT2D eigenvalue weighted by Crippen LogP contribution is 2.30. The lowest BCUT2D eigenvalue weighted by molar-refractivity contribution is -0.140. The number of hydrogen-bond acceptors (Lipinski definition) is 5. The average Bonchev–Trinajstić information content (AvgIpc) is 3.30. The predicted octanol–water partition coefficient (Wildman–Crippen LogP) is 1.55. The van der Waals surface area contributed by atoms with Crippen LogP contribution in [0.2, 0.25) is 0 Å². The molecule has 0 spiro atoms. The first kappa shape index (κ1) is 18.9. The Morgan fingerprint density at radius 3 is 2.70 bits per heavy atom. The number of nitrogens with one attached hydrogen (secondary N) is 2. The van der Waals surface area contributed by atoms with Crippen molar-refractivity contribution in [3.63, 3.8) is 0 Å². The molecular formula is C22H24N4O4. The largest absolute Gasteiger partial charge is 0.464 e. The Kier molecular flexibility index (Phi) is 4.78. The summed E-state index contributed by atoms with van der Waals surface area (Å²) in [5.41, 5.74) is 1.71. The molecule has 5 rings (SSSR count). The Bertz CT molecular complexity index is 981. The second kappa shape index (κ2) is 7.60. The molecule has 3 amide bonds. The molecule has 30 heavy (non-hydrogen) atoms. The van der Waals surface area contributed by atoms with E-state index in [1.165, 1.54) is 0 Å². The first-order valence-corrected chi connectivity index (χ1v) is 10.4. The lowest BCUT2D eigenvalue weighted by atomic mass is 9.95. The van der Waals surface area contributed by atoms with E-state index in [2.05, 4.69) is 10.6 Å². The lowest BCUT2D eigenvalue weighted by Gasteiger charge is -2.41. The summed E-state index contributed by atoms with van der Waals surface area (Å²) >= 11 is 0. The molecule has 3 aliphatic heterocycles. The number of carbonyl (C=O) groups excluding carboxylic acids is 3. The molecule has 8 nitrogen and oxygen atoms in total. The van der Waals surface area contributed by atoms with Gasteiger partial charge in [0, 0.05) is 24.6 Å². The molecule has 0 saturated carbocycles. The second-order valence-electron chi connectivity index (χ2n) is 8.05. The molecule has 1 atom stereocenters. The Labute approximate surface area is 174 Å². The van der Waals surface area contributed by atoms with Crippen molar-refractivity contribution in [1.82, 2.24) is 15.1 Å². The number of fused-ring (bicyclic) bond motifs is 2. The normalized spacial score (nSPS) is 22.2. The monoisotopic (exact) mass is 408 g/mol. The highest BCUT2D eigenvalue weighted by molar-refractivity contribution is 6.10. The summed E-state index contributed by atoms with van der Waals surface area (Å²) < 4.78 is 5.44. The van der Waals surface area contributed by atoms with Crippen molar-refractivity contribution in [2.45, 2.75) is 18.9 Å². The Hall–Kier alpha value is -3.13. The van der Waals surface area contributed by atoms with Crippen LogP contribution in [0, 0.1) is 5.92 Å². The number of amides is 3. The summed E-state index contributed by atoms with van der Waals surface area (Å²) in [6, 6.07) is 8.25. The first-order chi connectivity index (χ1) is 14.6. The van der Waals surface area contributed by atoms with E-state index >= 15 is 0 Å². The molecule has 2 aromatic rings. The maximum Gasteiger partial charge on any atom is 0.256 e. The molecule has 2 saturated heterocycles. The van der Waals surface area contributed by atoms with Crippen molar-refractivity contribution >= 4 is 23.4 Å². The number of nitrogens with zero attached hydrogens (tertiary/aromatic N) is 2. The van der Waals surface area contributed by atoms with Gasteiger partial charge in [0.1, 0.15) is 11.8 Å². The van der Waals surface area contributed by atoms with Crippen LogP contribution in [0.5, 0.6) is 0 Å². The molecule has 2 N–H and O–H groups in total. The van der Waals surface area contributed by atoms with Gasteiger partial charge in [0.05, 0.1) is 24.1 Å². The summed E-state index contributed by atoms with van der Waals surface area (Å²) in [4.78, 5) is 42.6. The van der Waals surface area contributed by atoms with E-state index in [-0.39, 0.29) is 30.2 Å². The zero-order valence-electron chi connectivity index (χ0n) is 16.6. The highest BCUT2D eigenvalue weighted by atomic mass is 16.3. The predicted molar refractivity (Wildman–Crippen MR) is 110 cm³/mol. The van der Waals surface area contributed by atoms with Gasteiger partial charge in [0.25, 0.3) is 5.91 Å². The van der Waals surface area contributed by atoms with E-state index in [0.29, 0.717) is 30.1 Å². The minimum atomic E-state index is -0.684. The van der Waals surface area contributed by atoms with Gasteiger partial charge in [0.2, 0.25) is 11.8 Å². The lowest BCUT2D eigenvalue weighted by Crippen LogP contribution is -2.60. The van der Waals surface area contributed by atoms with E-state index in [0.717, 1.165) is 31.5 Å². The summed E-state index contributed by atoms with van der Waals surface area (Å²) in [5.74, 6) is 0.301. The molecule has 0 aliphatic carbocycles. The van der Waals surface area contributed by atoms with Crippen LogP contribution in [0.25, 0.3) is 11.3 Å². The average molecular weight is 408 g/mol. The maximum absolute atomic E-state index is 13.3. The molecule has 0 bridgehead atoms. The van der Waals surface area contributed by atoms with Crippen molar-refractivity contribution in [2.75, 3.05) is 38.0 Å². The van der Waals surface area contributed by atoms with Crippen molar-refractivity contribution < 1.29 is 18.8 Å². The van der Waals surface area contributed by atoms with Gasteiger partial charge in [-0.1, -0.05) is 0 Å². The second-order valence-corrected chi connectivity index (χ2v) is 8.05.